The average molecular weight is 441 g/mol. The zero-order valence-electron chi connectivity index (χ0n) is 17.4. The van der Waals surface area contributed by atoms with Crippen LogP contribution in [0.2, 0.25) is 0 Å². The van der Waals surface area contributed by atoms with Gasteiger partial charge in [0.05, 0.1) is 32.2 Å². The first kappa shape index (κ1) is 21.1. The molecule has 0 saturated carbocycles. The van der Waals surface area contributed by atoms with Gasteiger partial charge in [0, 0.05) is 28.7 Å². The number of sulfonamides is 1. The Kier molecular flexibility index (Phi) is 5.84. The Morgan fingerprint density at radius 2 is 1.65 bits per heavy atom. The number of aromatic nitrogens is 1. The molecule has 2 heterocycles. The van der Waals surface area contributed by atoms with Gasteiger partial charge in [0.15, 0.2) is 0 Å². The number of carbonyl (C=O) groups excluding carboxylic acids is 1. The van der Waals surface area contributed by atoms with E-state index in [-0.39, 0.29) is 13.1 Å². The van der Waals surface area contributed by atoms with E-state index in [0.29, 0.717) is 12.3 Å². The van der Waals surface area contributed by atoms with Crippen LogP contribution in [0.25, 0.3) is 21.8 Å². The maximum Gasteiger partial charge on any atom is 0.303 e. The molecule has 0 spiro atoms. The number of ether oxygens (including phenoxy) is 1. The molecule has 4 rings (SSSR count). The third-order valence-electron chi connectivity index (χ3n) is 5.19. The molecule has 0 aliphatic rings. The van der Waals surface area contributed by atoms with Crippen molar-refractivity contribution in [2.24, 2.45) is 0 Å². The molecule has 31 heavy (non-hydrogen) atoms. The van der Waals surface area contributed by atoms with Crippen molar-refractivity contribution in [2.45, 2.75) is 26.1 Å². The summed E-state index contributed by atoms with van der Waals surface area (Å²) in [6.45, 7) is 1.73. The Hall–Kier alpha value is -3.10. The zero-order chi connectivity index (χ0) is 22.0. The second kappa shape index (κ2) is 8.56. The normalized spacial score (nSPS) is 13.1. The number of furan rings is 1. The van der Waals surface area contributed by atoms with Crippen molar-refractivity contribution in [3.8, 4) is 0 Å². The predicted molar refractivity (Wildman–Crippen MR) is 119 cm³/mol. The first-order valence-corrected chi connectivity index (χ1v) is 11.8. The van der Waals surface area contributed by atoms with E-state index >= 15 is 0 Å². The van der Waals surface area contributed by atoms with Crippen molar-refractivity contribution in [1.29, 1.82) is 0 Å². The Morgan fingerprint density at radius 3 is 2.16 bits per heavy atom. The highest BCUT2D eigenvalue weighted by Gasteiger charge is 2.26. The minimum atomic E-state index is -3.56. The molecule has 0 aliphatic carbocycles. The highest BCUT2D eigenvalue weighted by molar-refractivity contribution is 7.88. The van der Waals surface area contributed by atoms with Crippen LogP contribution in [0.1, 0.15) is 12.7 Å². The van der Waals surface area contributed by atoms with Crippen LogP contribution in [0.5, 0.6) is 0 Å². The molecule has 0 fully saturated rings. The van der Waals surface area contributed by atoms with Gasteiger partial charge in [0.2, 0.25) is 10.0 Å². The number of hydrogen-bond donors (Lipinski definition) is 0. The van der Waals surface area contributed by atoms with Gasteiger partial charge in [-0.3, -0.25) is 4.79 Å². The maximum atomic E-state index is 12.4. The molecular formula is C23H24N2O5S. The Labute approximate surface area is 180 Å². The second-order valence-electron chi connectivity index (χ2n) is 7.51. The summed E-state index contributed by atoms with van der Waals surface area (Å²) in [5.41, 5.74) is 2.00. The van der Waals surface area contributed by atoms with Crippen molar-refractivity contribution in [3.05, 3.63) is 72.7 Å². The molecular weight excluding hydrogens is 416 g/mol. The summed E-state index contributed by atoms with van der Waals surface area (Å²) in [4.78, 5) is 11.8. The van der Waals surface area contributed by atoms with E-state index in [0.717, 1.165) is 28.1 Å². The van der Waals surface area contributed by atoms with Gasteiger partial charge < -0.3 is 13.7 Å². The summed E-state index contributed by atoms with van der Waals surface area (Å²) in [7, 11) is -3.56. The average Bonchev–Trinajstić information content (AvgIpc) is 3.33. The smallest absolute Gasteiger partial charge is 0.303 e. The van der Waals surface area contributed by atoms with Gasteiger partial charge in [-0.15, -0.1) is 0 Å². The fourth-order valence-electron chi connectivity index (χ4n) is 3.89. The second-order valence-corrected chi connectivity index (χ2v) is 9.49. The summed E-state index contributed by atoms with van der Waals surface area (Å²) >= 11 is 0. The maximum absolute atomic E-state index is 12.4. The molecule has 0 bridgehead atoms. The Morgan fingerprint density at radius 1 is 1.03 bits per heavy atom. The molecule has 2 aromatic carbocycles. The van der Waals surface area contributed by atoms with E-state index in [1.807, 2.05) is 36.4 Å². The van der Waals surface area contributed by atoms with Crippen molar-refractivity contribution < 1.29 is 22.4 Å². The number of hydrogen-bond acceptors (Lipinski definition) is 5. The van der Waals surface area contributed by atoms with Crippen LogP contribution in [0.15, 0.2) is 71.3 Å². The fourth-order valence-corrected chi connectivity index (χ4v) is 4.69. The highest BCUT2D eigenvalue weighted by Crippen LogP contribution is 2.29. The lowest BCUT2D eigenvalue weighted by atomic mass is 10.2. The molecule has 1 atom stereocenters. The fraction of sp³-hybridized carbons (Fsp3) is 0.261. The number of carbonyl (C=O) groups is 1. The molecule has 2 aromatic heterocycles. The topological polar surface area (TPSA) is 81.8 Å². The molecule has 0 saturated heterocycles. The zero-order valence-corrected chi connectivity index (χ0v) is 18.2. The van der Waals surface area contributed by atoms with Crippen LogP contribution in [0.3, 0.4) is 0 Å². The molecule has 0 aliphatic heterocycles. The number of fused-ring (bicyclic) bond motifs is 3. The monoisotopic (exact) mass is 440 g/mol. The van der Waals surface area contributed by atoms with Gasteiger partial charge >= 0.3 is 5.97 Å². The summed E-state index contributed by atoms with van der Waals surface area (Å²) < 4.78 is 39.1. The standard InChI is InChI=1S/C23H24N2O5S/c1-17(26)30-19(15-24(31(2,27)28)14-18-8-7-13-29-18)16-25-22-11-5-3-9-20(22)21-10-4-6-12-23(21)25/h3-13,19H,14-16H2,1-2H3. The van der Waals surface area contributed by atoms with E-state index in [4.69, 9.17) is 9.15 Å². The number of rotatable bonds is 8. The van der Waals surface area contributed by atoms with E-state index in [1.165, 1.54) is 17.5 Å². The van der Waals surface area contributed by atoms with Gasteiger partial charge in [-0.05, 0) is 24.3 Å². The third kappa shape index (κ3) is 4.65. The molecule has 4 aromatic rings. The van der Waals surface area contributed by atoms with E-state index in [9.17, 15) is 13.2 Å². The minimum Gasteiger partial charge on any atom is -0.468 e. The molecule has 8 heteroatoms. The first-order chi connectivity index (χ1) is 14.8. The Balaban J connectivity index is 1.71. The van der Waals surface area contributed by atoms with E-state index < -0.39 is 22.1 Å². The lowest BCUT2D eigenvalue weighted by Gasteiger charge is -2.26. The van der Waals surface area contributed by atoms with Crippen molar-refractivity contribution >= 4 is 37.8 Å². The summed E-state index contributed by atoms with van der Waals surface area (Å²) in [5.74, 6) is 0.0566. The lowest BCUT2D eigenvalue weighted by molar-refractivity contribution is -0.147. The van der Waals surface area contributed by atoms with Gasteiger partial charge in [-0.2, -0.15) is 4.31 Å². The van der Waals surface area contributed by atoms with E-state index in [1.54, 1.807) is 12.1 Å². The number of benzene rings is 2. The lowest BCUT2D eigenvalue weighted by Crippen LogP contribution is -2.40. The van der Waals surface area contributed by atoms with Gasteiger partial charge in [0.25, 0.3) is 0 Å². The molecule has 7 nitrogen and oxygen atoms in total. The summed E-state index contributed by atoms with van der Waals surface area (Å²) in [5, 5.41) is 2.19. The van der Waals surface area contributed by atoms with Gasteiger partial charge in [-0.1, -0.05) is 36.4 Å². The van der Waals surface area contributed by atoms with E-state index in [2.05, 4.69) is 16.7 Å². The summed E-state index contributed by atoms with van der Waals surface area (Å²) in [6, 6.07) is 19.4. The van der Waals surface area contributed by atoms with Crippen LogP contribution >= 0.6 is 0 Å². The van der Waals surface area contributed by atoms with Crippen LogP contribution in [0, 0.1) is 0 Å². The first-order valence-electron chi connectivity index (χ1n) is 9.93. The minimum absolute atomic E-state index is 0.0138. The van der Waals surface area contributed by atoms with Gasteiger partial charge in [0.1, 0.15) is 11.9 Å². The van der Waals surface area contributed by atoms with Crippen LogP contribution in [0.4, 0.5) is 0 Å². The Bertz CT molecular complexity index is 1260. The molecule has 0 amide bonds. The predicted octanol–water partition coefficient (Wildman–Crippen LogP) is 3.78. The van der Waals surface area contributed by atoms with Crippen LogP contribution < -0.4 is 0 Å². The molecule has 0 radical (unpaired) electrons. The summed E-state index contributed by atoms with van der Waals surface area (Å²) in [6.07, 6.45) is 1.96. The number of nitrogens with zero attached hydrogens (tertiary/aromatic N) is 2. The quantitative estimate of drug-likeness (QED) is 0.390. The molecule has 0 N–H and O–H groups in total. The number of para-hydroxylation sites is 2. The SMILES string of the molecule is CC(=O)OC(CN(Cc1ccco1)S(C)(=O)=O)Cn1c2ccccc2c2ccccc21. The van der Waals surface area contributed by atoms with Crippen LogP contribution in [-0.2, 0) is 32.6 Å². The third-order valence-corrected chi connectivity index (χ3v) is 6.40. The van der Waals surface area contributed by atoms with Crippen molar-refractivity contribution in [1.82, 2.24) is 8.87 Å². The number of esters is 1. The van der Waals surface area contributed by atoms with Crippen molar-refractivity contribution in [3.63, 3.8) is 0 Å². The molecule has 1 unspecified atom stereocenters. The van der Waals surface area contributed by atoms with Crippen LogP contribution in [-0.4, -0.2) is 42.2 Å². The molecule has 162 valence electrons. The highest BCUT2D eigenvalue weighted by atomic mass is 32.2. The van der Waals surface area contributed by atoms with Gasteiger partial charge in [-0.25, -0.2) is 8.42 Å². The van der Waals surface area contributed by atoms with Crippen molar-refractivity contribution in [2.75, 3.05) is 12.8 Å². The largest absolute Gasteiger partial charge is 0.468 e.